The predicted molar refractivity (Wildman–Crippen MR) is 108 cm³/mol. The quantitative estimate of drug-likeness (QED) is 0.580. The van der Waals surface area contributed by atoms with Gasteiger partial charge in [-0.3, -0.25) is 0 Å². The van der Waals surface area contributed by atoms with E-state index < -0.39 is 14.6 Å². The van der Waals surface area contributed by atoms with Crippen LogP contribution in [0.25, 0.3) is 11.4 Å². The van der Waals surface area contributed by atoms with Gasteiger partial charge in [0.2, 0.25) is 11.7 Å². The number of nitrogens with zero attached hydrogens (tertiary/aromatic N) is 2. The van der Waals surface area contributed by atoms with Gasteiger partial charge in [-0.2, -0.15) is 4.98 Å². The SMILES string of the molecule is Cc1ccc(C)c(S(=O)(=O)C2(c3nc(-c4cccc(Cl)c4)no3)CCCC2)c1. The Morgan fingerprint density at radius 3 is 2.54 bits per heavy atom. The lowest BCUT2D eigenvalue weighted by atomic mass is 10.1. The fourth-order valence-electron chi connectivity index (χ4n) is 3.90. The van der Waals surface area contributed by atoms with Crippen molar-refractivity contribution in [2.75, 3.05) is 0 Å². The molecular formula is C21H21ClN2O3S. The molecule has 1 aliphatic rings. The summed E-state index contributed by atoms with van der Waals surface area (Å²) in [5.41, 5.74) is 2.33. The molecule has 4 rings (SSSR count). The maximum absolute atomic E-state index is 13.8. The Labute approximate surface area is 169 Å². The van der Waals surface area contributed by atoms with E-state index in [0.29, 0.717) is 34.1 Å². The maximum Gasteiger partial charge on any atom is 0.248 e. The number of aromatic nitrogens is 2. The number of hydrogen-bond acceptors (Lipinski definition) is 5. The second-order valence-electron chi connectivity index (χ2n) is 7.41. The Bertz CT molecular complexity index is 1130. The molecule has 1 aliphatic carbocycles. The van der Waals surface area contributed by atoms with Gasteiger partial charge in [-0.25, -0.2) is 8.42 Å². The van der Waals surface area contributed by atoms with E-state index in [2.05, 4.69) is 10.1 Å². The summed E-state index contributed by atoms with van der Waals surface area (Å²) in [6.07, 6.45) is 2.55. The van der Waals surface area contributed by atoms with Crippen molar-refractivity contribution >= 4 is 21.4 Å². The summed E-state index contributed by atoms with van der Waals surface area (Å²) in [5, 5.41) is 4.61. The summed E-state index contributed by atoms with van der Waals surface area (Å²) >= 11 is 6.06. The number of hydrogen-bond donors (Lipinski definition) is 0. The van der Waals surface area contributed by atoms with Gasteiger partial charge in [-0.15, -0.1) is 0 Å². The molecule has 28 heavy (non-hydrogen) atoms. The van der Waals surface area contributed by atoms with E-state index in [4.69, 9.17) is 16.1 Å². The lowest BCUT2D eigenvalue weighted by Crippen LogP contribution is -2.34. The second-order valence-corrected chi connectivity index (χ2v) is 10.1. The molecule has 0 aliphatic heterocycles. The highest BCUT2D eigenvalue weighted by Crippen LogP contribution is 2.48. The summed E-state index contributed by atoms with van der Waals surface area (Å²) in [6.45, 7) is 3.71. The van der Waals surface area contributed by atoms with Crippen molar-refractivity contribution in [2.45, 2.75) is 49.2 Å². The molecular weight excluding hydrogens is 396 g/mol. The number of sulfone groups is 1. The Hall–Kier alpha value is -2.18. The molecule has 3 aromatic rings. The molecule has 1 aromatic heterocycles. The van der Waals surface area contributed by atoms with E-state index in [1.807, 2.05) is 32.0 Å². The molecule has 0 unspecified atom stereocenters. The average molecular weight is 417 g/mol. The predicted octanol–water partition coefficient (Wildman–Crippen LogP) is 5.25. The highest BCUT2D eigenvalue weighted by atomic mass is 35.5. The average Bonchev–Trinajstić information content (AvgIpc) is 3.34. The van der Waals surface area contributed by atoms with E-state index in [1.165, 1.54) is 0 Å². The summed E-state index contributed by atoms with van der Waals surface area (Å²) in [6, 6.07) is 12.6. The van der Waals surface area contributed by atoms with E-state index in [0.717, 1.165) is 24.0 Å². The molecule has 0 radical (unpaired) electrons. The number of rotatable bonds is 4. The van der Waals surface area contributed by atoms with Crippen LogP contribution in [0.4, 0.5) is 0 Å². The first-order valence-corrected chi connectivity index (χ1v) is 11.1. The zero-order valence-electron chi connectivity index (χ0n) is 15.8. The van der Waals surface area contributed by atoms with Crippen molar-refractivity contribution in [2.24, 2.45) is 0 Å². The smallest absolute Gasteiger partial charge is 0.248 e. The van der Waals surface area contributed by atoms with Crippen LogP contribution in [0.1, 0.15) is 42.7 Å². The molecule has 146 valence electrons. The van der Waals surface area contributed by atoms with Gasteiger partial charge in [0, 0.05) is 10.6 Å². The van der Waals surface area contributed by atoms with Crippen molar-refractivity contribution in [3.05, 3.63) is 64.5 Å². The number of benzene rings is 2. The van der Waals surface area contributed by atoms with Crippen LogP contribution < -0.4 is 0 Å². The van der Waals surface area contributed by atoms with Gasteiger partial charge in [0.25, 0.3) is 0 Å². The van der Waals surface area contributed by atoms with Crippen LogP contribution in [0.15, 0.2) is 51.9 Å². The largest absolute Gasteiger partial charge is 0.337 e. The molecule has 7 heteroatoms. The Balaban J connectivity index is 1.84. The zero-order valence-corrected chi connectivity index (χ0v) is 17.3. The van der Waals surface area contributed by atoms with Crippen LogP contribution in [-0.2, 0) is 14.6 Å². The van der Waals surface area contributed by atoms with Crippen LogP contribution in [0, 0.1) is 13.8 Å². The van der Waals surface area contributed by atoms with Crippen LogP contribution in [-0.4, -0.2) is 18.6 Å². The van der Waals surface area contributed by atoms with Gasteiger partial charge in [0.1, 0.15) is 0 Å². The summed E-state index contributed by atoms with van der Waals surface area (Å²) in [5.74, 6) is 0.515. The van der Waals surface area contributed by atoms with Crippen molar-refractivity contribution in [1.82, 2.24) is 10.1 Å². The summed E-state index contributed by atoms with van der Waals surface area (Å²) in [4.78, 5) is 4.85. The fourth-order valence-corrected chi connectivity index (χ4v) is 6.49. The molecule has 0 atom stereocenters. The molecule has 2 aromatic carbocycles. The topological polar surface area (TPSA) is 73.1 Å². The van der Waals surface area contributed by atoms with E-state index in [9.17, 15) is 8.42 Å². The molecule has 0 bridgehead atoms. The minimum absolute atomic E-state index is 0.167. The summed E-state index contributed by atoms with van der Waals surface area (Å²) < 4.78 is 31.9. The van der Waals surface area contributed by atoms with Gasteiger partial charge in [0.05, 0.1) is 4.90 Å². The van der Waals surface area contributed by atoms with Gasteiger partial charge in [-0.1, -0.05) is 53.9 Å². The van der Waals surface area contributed by atoms with Crippen LogP contribution >= 0.6 is 11.6 Å². The Kier molecular flexibility index (Phi) is 4.79. The molecule has 0 N–H and O–H groups in total. The van der Waals surface area contributed by atoms with Crippen LogP contribution in [0.5, 0.6) is 0 Å². The molecule has 0 spiro atoms. The first-order valence-electron chi connectivity index (χ1n) is 9.25. The monoisotopic (exact) mass is 416 g/mol. The Morgan fingerprint density at radius 1 is 1.07 bits per heavy atom. The van der Waals surface area contributed by atoms with E-state index >= 15 is 0 Å². The van der Waals surface area contributed by atoms with Gasteiger partial charge in [-0.05, 0) is 56.0 Å². The molecule has 0 saturated heterocycles. The highest BCUT2D eigenvalue weighted by molar-refractivity contribution is 7.92. The normalized spacial score (nSPS) is 16.4. The lowest BCUT2D eigenvalue weighted by Gasteiger charge is -2.25. The number of halogens is 1. The first kappa shape index (κ1) is 19.2. The van der Waals surface area contributed by atoms with Crippen LogP contribution in [0.2, 0.25) is 5.02 Å². The van der Waals surface area contributed by atoms with E-state index in [1.54, 1.807) is 24.3 Å². The van der Waals surface area contributed by atoms with Crippen molar-refractivity contribution in [3.8, 4) is 11.4 Å². The molecule has 1 saturated carbocycles. The molecule has 1 fully saturated rings. The van der Waals surface area contributed by atoms with Crippen LogP contribution in [0.3, 0.4) is 0 Å². The van der Waals surface area contributed by atoms with E-state index in [-0.39, 0.29) is 5.89 Å². The van der Waals surface area contributed by atoms with Gasteiger partial charge in [0.15, 0.2) is 14.6 Å². The third-order valence-corrected chi connectivity index (χ3v) is 8.32. The fraction of sp³-hybridized carbons (Fsp3) is 0.333. The van der Waals surface area contributed by atoms with Crippen molar-refractivity contribution < 1.29 is 12.9 Å². The third-order valence-electron chi connectivity index (χ3n) is 5.46. The second kappa shape index (κ2) is 7.01. The Morgan fingerprint density at radius 2 is 1.82 bits per heavy atom. The first-order chi connectivity index (χ1) is 13.3. The molecule has 0 amide bonds. The minimum Gasteiger partial charge on any atom is -0.337 e. The third kappa shape index (κ3) is 3.05. The van der Waals surface area contributed by atoms with Gasteiger partial charge >= 0.3 is 0 Å². The van der Waals surface area contributed by atoms with Crippen molar-refractivity contribution in [3.63, 3.8) is 0 Å². The highest BCUT2D eigenvalue weighted by Gasteiger charge is 2.53. The minimum atomic E-state index is -3.71. The maximum atomic E-state index is 13.8. The standard InChI is InChI=1S/C21H21ClN2O3S/c1-14-8-9-15(2)18(12-14)28(25,26)21(10-3-4-11-21)20-23-19(24-27-20)16-6-5-7-17(22)13-16/h5-9,12-13H,3-4,10-11H2,1-2H3. The zero-order chi connectivity index (χ0) is 19.9. The molecule has 5 nitrogen and oxygen atoms in total. The van der Waals surface area contributed by atoms with Gasteiger partial charge < -0.3 is 4.52 Å². The van der Waals surface area contributed by atoms with Crippen molar-refractivity contribution in [1.29, 1.82) is 0 Å². The summed E-state index contributed by atoms with van der Waals surface area (Å²) in [7, 11) is -3.71. The number of aryl methyl sites for hydroxylation is 2. The lowest BCUT2D eigenvalue weighted by molar-refractivity contribution is 0.330. The molecule has 1 heterocycles.